The standard InChI is InChI=1S/C11H14NO2PS2/c1-13-10-4-2-9(3-5-10)11-8-12(17-15-16)6-7-14-11/h2-5,11H,6-8H2,1H3/p+1. The maximum absolute atomic E-state index is 5.79. The molecule has 1 heterocycles. The van der Waals surface area contributed by atoms with E-state index in [4.69, 9.17) is 21.3 Å². The summed E-state index contributed by atoms with van der Waals surface area (Å²) in [6.07, 6.45) is 0.147. The highest BCUT2D eigenvalue weighted by atomic mass is 32.9. The Morgan fingerprint density at radius 3 is 2.88 bits per heavy atom. The summed E-state index contributed by atoms with van der Waals surface area (Å²) in [5.41, 5.74) is 1.20. The minimum atomic E-state index is 0.147. The van der Waals surface area contributed by atoms with E-state index >= 15 is 0 Å². The zero-order chi connectivity index (χ0) is 12.1. The molecular formula is C11H15NO2PS2+. The highest BCUT2D eigenvalue weighted by Gasteiger charge is 2.24. The summed E-state index contributed by atoms with van der Waals surface area (Å²) >= 11 is 6.74. The van der Waals surface area contributed by atoms with Crippen molar-refractivity contribution in [2.75, 3.05) is 26.8 Å². The predicted molar refractivity (Wildman–Crippen MR) is 76.5 cm³/mol. The van der Waals surface area contributed by atoms with Crippen LogP contribution in [0.2, 0.25) is 0 Å². The van der Waals surface area contributed by atoms with Crippen LogP contribution in [0.4, 0.5) is 0 Å². The maximum atomic E-state index is 5.79. The summed E-state index contributed by atoms with van der Waals surface area (Å²) in [7, 11) is 1.68. The first-order chi connectivity index (χ1) is 8.33. The van der Waals surface area contributed by atoms with Gasteiger partial charge < -0.3 is 9.47 Å². The van der Waals surface area contributed by atoms with Crippen molar-refractivity contribution in [3.63, 3.8) is 0 Å². The van der Waals surface area contributed by atoms with E-state index in [2.05, 4.69) is 16.4 Å². The van der Waals surface area contributed by atoms with Crippen LogP contribution in [0.1, 0.15) is 11.7 Å². The quantitative estimate of drug-likeness (QED) is 0.626. The van der Waals surface area contributed by atoms with Crippen LogP contribution in [0.15, 0.2) is 24.3 Å². The van der Waals surface area contributed by atoms with E-state index in [-0.39, 0.29) is 6.10 Å². The third kappa shape index (κ3) is 3.63. The van der Waals surface area contributed by atoms with Crippen molar-refractivity contribution in [1.29, 1.82) is 0 Å². The second-order valence-electron chi connectivity index (χ2n) is 3.70. The summed E-state index contributed by atoms with van der Waals surface area (Å²) in [6.45, 7) is 3.11. The summed E-state index contributed by atoms with van der Waals surface area (Å²) in [5.74, 6) is 0.878. The molecule has 1 aromatic carbocycles. The Labute approximate surface area is 112 Å². The molecular weight excluding hydrogens is 273 g/mol. The van der Waals surface area contributed by atoms with E-state index in [9.17, 15) is 0 Å². The molecule has 2 rings (SSSR count). The van der Waals surface area contributed by atoms with Gasteiger partial charge >= 0.3 is 0 Å². The van der Waals surface area contributed by atoms with Crippen LogP contribution in [0.5, 0.6) is 5.75 Å². The Morgan fingerprint density at radius 1 is 1.47 bits per heavy atom. The molecule has 0 bridgehead atoms. The zero-order valence-corrected chi connectivity index (χ0v) is 12.2. The summed E-state index contributed by atoms with van der Waals surface area (Å²) < 4.78 is 13.2. The van der Waals surface area contributed by atoms with Crippen molar-refractivity contribution in [3.05, 3.63) is 29.8 Å². The molecule has 1 aliphatic heterocycles. The molecule has 0 N–H and O–H groups in total. The first kappa shape index (κ1) is 13.2. The number of nitrogens with zero attached hydrogens (tertiary/aromatic N) is 1. The lowest BCUT2D eigenvalue weighted by atomic mass is 10.1. The van der Waals surface area contributed by atoms with Crippen molar-refractivity contribution < 1.29 is 9.47 Å². The fourth-order valence-electron chi connectivity index (χ4n) is 1.78. The number of hydrogen-bond acceptors (Lipinski definition) is 5. The van der Waals surface area contributed by atoms with Crippen molar-refractivity contribution in [2.24, 2.45) is 0 Å². The molecule has 17 heavy (non-hydrogen) atoms. The second kappa shape index (κ2) is 6.66. The van der Waals surface area contributed by atoms with Gasteiger partial charge in [0.05, 0.1) is 19.8 Å². The molecule has 0 spiro atoms. The Kier molecular flexibility index (Phi) is 5.19. The lowest BCUT2D eigenvalue weighted by molar-refractivity contribution is 0.000991. The van der Waals surface area contributed by atoms with Gasteiger partial charge in [-0.15, -0.1) is 0 Å². The lowest BCUT2D eigenvalue weighted by Gasteiger charge is -2.29. The van der Waals surface area contributed by atoms with E-state index < -0.39 is 0 Å². The van der Waals surface area contributed by atoms with Gasteiger partial charge in [0.1, 0.15) is 5.75 Å². The molecule has 92 valence electrons. The van der Waals surface area contributed by atoms with Crippen molar-refractivity contribution in [3.8, 4) is 5.75 Å². The molecule has 1 saturated heterocycles. The summed E-state index contributed by atoms with van der Waals surface area (Å²) in [5, 5.41) is 0. The van der Waals surface area contributed by atoms with Crippen LogP contribution >= 0.6 is 18.1 Å². The lowest BCUT2D eigenvalue weighted by Crippen LogP contribution is -2.32. The second-order valence-corrected chi connectivity index (χ2v) is 7.11. The minimum absolute atomic E-state index is 0.147. The molecule has 2 unspecified atom stereocenters. The number of morpholine rings is 1. The Bertz CT molecular complexity index is 374. The number of rotatable bonds is 4. The SMILES string of the molecule is COc1ccc(C2CN(S[PH+]=S)CCO2)cc1. The Morgan fingerprint density at radius 2 is 2.24 bits per heavy atom. The van der Waals surface area contributed by atoms with Crippen LogP contribution in [0, 0.1) is 0 Å². The molecule has 3 nitrogen and oxygen atoms in total. The smallest absolute Gasteiger partial charge is 0.247 e. The average molecular weight is 288 g/mol. The number of ether oxygens (including phenoxy) is 2. The van der Waals surface area contributed by atoms with E-state index in [1.54, 1.807) is 18.7 Å². The van der Waals surface area contributed by atoms with Gasteiger partial charge in [-0.2, -0.15) is 0 Å². The molecule has 1 aromatic rings. The fourth-order valence-corrected chi connectivity index (χ4v) is 4.03. The molecule has 2 atom stereocenters. The van der Waals surface area contributed by atoms with E-state index in [1.165, 1.54) is 5.56 Å². The molecule has 1 aliphatic rings. The molecule has 0 amide bonds. The topological polar surface area (TPSA) is 21.7 Å². The van der Waals surface area contributed by atoms with Crippen molar-refractivity contribution >= 4 is 29.9 Å². The Balaban J connectivity index is 2.02. The highest BCUT2D eigenvalue weighted by Crippen LogP contribution is 2.31. The number of methoxy groups -OCH3 is 1. The molecule has 0 aromatic heterocycles. The van der Waals surface area contributed by atoms with Crippen molar-refractivity contribution in [1.82, 2.24) is 4.31 Å². The average Bonchev–Trinajstić information content (AvgIpc) is 2.40. The van der Waals surface area contributed by atoms with Crippen LogP contribution < -0.4 is 4.74 Å². The van der Waals surface area contributed by atoms with E-state index in [0.29, 0.717) is 6.56 Å². The first-order valence-electron chi connectivity index (χ1n) is 5.38. The normalized spacial score (nSPS) is 21.6. The predicted octanol–water partition coefficient (Wildman–Crippen LogP) is 2.77. The van der Waals surface area contributed by atoms with Gasteiger partial charge in [0.15, 0.2) is 23.4 Å². The van der Waals surface area contributed by atoms with Gasteiger partial charge in [-0.25, -0.2) is 4.31 Å². The molecule has 6 heteroatoms. The molecule has 1 fully saturated rings. The van der Waals surface area contributed by atoms with Gasteiger partial charge in [0.2, 0.25) is 6.56 Å². The highest BCUT2D eigenvalue weighted by molar-refractivity contribution is 8.56. The number of benzene rings is 1. The van der Waals surface area contributed by atoms with Gasteiger partial charge in [-0.1, -0.05) is 12.1 Å². The Hall–Kier alpha value is -0.190. The van der Waals surface area contributed by atoms with Gasteiger partial charge in [-0.05, 0) is 17.7 Å². The molecule has 0 radical (unpaired) electrons. The van der Waals surface area contributed by atoms with Crippen LogP contribution in [0.25, 0.3) is 0 Å². The fraction of sp³-hybridized carbons (Fsp3) is 0.455. The monoisotopic (exact) mass is 288 g/mol. The van der Waals surface area contributed by atoms with Crippen molar-refractivity contribution in [2.45, 2.75) is 6.10 Å². The maximum Gasteiger partial charge on any atom is 0.247 e. The third-order valence-corrected chi connectivity index (χ3v) is 5.02. The largest absolute Gasteiger partial charge is 0.497 e. The molecule has 0 aliphatic carbocycles. The van der Waals surface area contributed by atoms with E-state index in [1.807, 2.05) is 12.1 Å². The van der Waals surface area contributed by atoms with Gasteiger partial charge in [-0.3, -0.25) is 0 Å². The van der Waals surface area contributed by atoms with Crippen LogP contribution in [-0.4, -0.2) is 31.1 Å². The van der Waals surface area contributed by atoms with Crippen LogP contribution in [-0.2, 0) is 16.5 Å². The zero-order valence-electron chi connectivity index (χ0n) is 9.59. The third-order valence-electron chi connectivity index (χ3n) is 2.68. The molecule has 0 saturated carbocycles. The summed E-state index contributed by atoms with van der Waals surface area (Å²) in [6, 6.07) is 8.07. The minimum Gasteiger partial charge on any atom is -0.497 e. The summed E-state index contributed by atoms with van der Waals surface area (Å²) in [4.78, 5) is 0. The van der Waals surface area contributed by atoms with E-state index in [0.717, 1.165) is 25.4 Å². The first-order valence-corrected chi connectivity index (χ1v) is 9.01. The van der Waals surface area contributed by atoms with Gasteiger partial charge in [0, 0.05) is 13.1 Å². The van der Waals surface area contributed by atoms with Gasteiger partial charge in [0.25, 0.3) is 0 Å². The van der Waals surface area contributed by atoms with Crippen LogP contribution in [0.3, 0.4) is 0 Å². The number of hydrogen-bond donors (Lipinski definition) is 0.